The molecule has 0 aromatic carbocycles. The summed E-state index contributed by atoms with van der Waals surface area (Å²) in [5.74, 6) is -1.50. The van der Waals surface area contributed by atoms with Crippen molar-refractivity contribution < 1.29 is 24.2 Å². The molecular formula is C10H17NO5. The number of carbonyl (C=O) groups is 2. The minimum absolute atomic E-state index is 0.0444. The molecule has 0 bridgehead atoms. The normalized spacial score (nSPS) is 27.3. The van der Waals surface area contributed by atoms with E-state index in [1.54, 1.807) is 6.92 Å². The van der Waals surface area contributed by atoms with Crippen LogP contribution < -0.4 is 5.73 Å². The molecule has 0 radical (unpaired) electrons. The van der Waals surface area contributed by atoms with Crippen LogP contribution in [0.25, 0.3) is 0 Å². The van der Waals surface area contributed by atoms with Crippen molar-refractivity contribution in [2.75, 3.05) is 19.8 Å². The van der Waals surface area contributed by atoms with Crippen LogP contribution in [0, 0.1) is 11.8 Å². The fourth-order valence-electron chi connectivity index (χ4n) is 1.74. The third kappa shape index (κ3) is 2.93. The molecule has 3 N–H and O–H groups in total. The van der Waals surface area contributed by atoms with Crippen LogP contribution >= 0.6 is 0 Å². The second kappa shape index (κ2) is 5.81. The number of esters is 2. The Morgan fingerprint density at radius 2 is 2.12 bits per heavy atom. The van der Waals surface area contributed by atoms with Crippen molar-refractivity contribution in [1.82, 2.24) is 0 Å². The summed E-state index contributed by atoms with van der Waals surface area (Å²) in [6.07, 6.45) is -0.0614. The van der Waals surface area contributed by atoms with Gasteiger partial charge < -0.3 is 20.3 Å². The molecule has 16 heavy (non-hydrogen) atoms. The quantitative estimate of drug-likeness (QED) is 0.572. The number of aliphatic hydroxyl groups is 1. The number of hydrogen-bond acceptors (Lipinski definition) is 6. The molecule has 1 saturated carbocycles. The summed E-state index contributed by atoms with van der Waals surface area (Å²) in [5, 5.41) is 8.80. The van der Waals surface area contributed by atoms with Crippen LogP contribution in [0.5, 0.6) is 0 Å². The zero-order valence-electron chi connectivity index (χ0n) is 9.22. The van der Waals surface area contributed by atoms with Gasteiger partial charge in [-0.2, -0.15) is 0 Å². The van der Waals surface area contributed by atoms with Crippen LogP contribution in [-0.4, -0.2) is 42.9 Å². The van der Waals surface area contributed by atoms with E-state index >= 15 is 0 Å². The highest BCUT2D eigenvalue weighted by atomic mass is 16.6. The molecule has 0 aliphatic heterocycles. The summed E-state index contributed by atoms with van der Waals surface area (Å²) in [7, 11) is 0. The van der Waals surface area contributed by atoms with Crippen molar-refractivity contribution in [2.45, 2.75) is 19.4 Å². The predicted molar refractivity (Wildman–Crippen MR) is 54.3 cm³/mol. The van der Waals surface area contributed by atoms with E-state index in [2.05, 4.69) is 0 Å². The van der Waals surface area contributed by atoms with Gasteiger partial charge in [0.25, 0.3) is 0 Å². The molecule has 1 rings (SSSR count). The van der Waals surface area contributed by atoms with Crippen LogP contribution in [0.15, 0.2) is 0 Å². The third-order valence-corrected chi connectivity index (χ3v) is 2.55. The van der Waals surface area contributed by atoms with E-state index in [1.165, 1.54) is 0 Å². The van der Waals surface area contributed by atoms with E-state index in [0.29, 0.717) is 13.0 Å². The molecule has 3 atom stereocenters. The maximum absolute atomic E-state index is 11.4. The Morgan fingerprint density at radius 3 is 2.62 bits per heavy atom. The number of aliphatic hydroxyl groups excluding tert-OH is 1. The summed E-state index contributed by atoms with van der Waals surface area (Å²) in [6, 6.07) is 0. The second-order valence-corrected chi connectivity index (χ2v) is 3.61. The largest absolute Gasteiger partial charge is 0.466 e. The third-order valence-electron chi connectivity index (χ3n) is 2.55. The van der Waals surface area contributed by atoms with E-state index in [0.717, 1.165) is 0 Å². The molecule has 0 aromatic rings. The Labute approximate surface area is 93.7 Å². The van der Waals surface area contributed by atoms with E-state index in [9.17, 15) is 9.59 Å². The molecule has 92 valence electrons. The highest BCUT2D eigenvalue weighted by molar-refractivity contribution is 5.79. The van der Waals surface area contributed by atoms with Gasteiger partial charge in [0.1, 0.15) is 12.0 Å². The second-order valence-electron chi connectivity index (χ2n) is 3.61. The van der Waals surface area contributed by atoms with Gasteiger partial charge in [-0.1, -0.05) is 0 Å². The lowest BCUT2D eigenvalue weighted by Crippen LogP contribution is -2.20. The fourth-order valence-corrected chi connectivity index (χ4v) is 1.74. The number of carbonyl (C=O) groups excluding carboxylic acids is 2. The molecular weight excluding hydrogens is 214 g/mol. The molecule has 1 aliphatic rings. The van der Waals surface area contributed by atoms with Crippen molar-refractivity contribution in [1.29, 1.82) is 0 Å². The Bertz CT molecular complexity index is 268. The number of rotatable bonds is 6. The number of ether oxygens (including phenoxy) is 2. The van der Waals surface area contributed by atoms with E-state index in [-0.39, 0.29) is 25.0 Å². The molecule has 1 aliphatic carbocycles. The van der Waals surface area contributed by atoms with Gasteiger partial charge in [-0.25, -0.2) is 0 Å². The van der Waals surface area contributed by atoms with Gasteiger partial charge in [0.05, 0.1) is 13.2 Å². The molecule has 1 fully saturated rings. The summed E-state index contributed by atoms with van der Waals surface area (Å²) in [6.45, 7) is 1.75. The highest BCUT2D eigenvalue weighted by Crippen LogP contribution is 2.45. The fraction of sp³-hybridized carbons (Fsp3) is 0.800. The maximum atomic E-state index is 11.4. The standard InChI is InChI=1S/C10H17NO5/c1-2-15-10(14)8-6(3-4-12)9(8)16-7(13)5-11/h6,8-9,12H,2-5,11H2,1H3. The Hall–Kier alpha value is -1.14. The number of hydrogen-bond donors (Lipinski definition) is 2. The molecule has 0 heterocycles. The zero-order chi connectivity index (χ0) is 12.1. The zero-order valence-corrected chi connectivity index (χ0v) is 9.22. The van der Waals surface area contributed by atoms with Crippen LogP contribution in [0.4, 0.5) is 0 Å². The van der Waals surface area contributed by atoms with Gasteiger partial charge in [0, 0.05) is 12.5 Å². The van der Waals surface area contributed by atoms with Gasteiger partial charge in [-0.3, -0.25) is 9.59 Å². The van der Waals surface area contributed by atoms with Crippen molar-refractivity contribution in [3.8, 4) is 0 Å². The summed E-state index contributed by atoms with van der Waals surface area (Å²) < 4.78 is 9.82. The topological polar surface area (TPSA) is 98.9 Å². The van der Waals surface area contributed by atoms with E-state index in [1.807, 2.05) is 0 Å². The van der Waals surface area contributed by atoms with Crippen molar-refractivity contribution >= 4 is 11.9 Å². The first kappa shape index (κ1) is 12.9. The lowest BCUT2D eigenvalue weighted by atomic mass is 10.2. The van der Waals surface area contributed by atoms with Crippen LogP contribution in [0.3, 0.4) is 0 Å². The maximum Gasteiger partial charge on any atom is 0.320 e. The Kier molecular flexibility index (Phi) is 4.70. The molecule has 6 heteroatoms. The van der Waals surface area contributed by atoms with Crippen molar-refractivity contribution in [3.63, 3.8) is 0 Å². The summed E-state index contributed by atoms with van der Waals surface area (Å²) in [4.78, 5) is 22.4. The minimum atomic E-state index is -0.542. The molecule has 3 unspecified atom stereocenters. The Balaban J connectivity index is 2.49. The van der Waals surface area contributed by atoms with Crippen LogP contribution in [0.1, 0.15) is 13.3 Å². The van der Waals surface area contributed by atoms with Crippen molar-refractivity contribution in [2.24, 2.45) is 17.6 Å². The average Bonchev–Trinajstić information content (AvgIpc) is 2.92. The minimum Gasteiger partial charge on any atom is -0.466 e. The lowest BCUT2D eigenvalue weighted by Gasteiger charge is -2.01. The van der Waals surface area contributed by atoms with Gasteiger partial charge >= 0.3 is 11.9 Å². The van der Waals surface area contributed by atoms with Gasteiger partial charge in [0.2, 0.25) is 0 Å². The molecule has 6 nitrogen and oxygen atoms in total. The smallest absolute Gasteiger partial charge is 0.320 e. The molecule has 0 aromatic heterocycles. The van der Waals surface area contributed by atoms with Crippen LogP contribution in [0.2, 0.25) is 0 Å². The van der Waals surface area contributed by atoms with E-state index in [4.69, 9.17) is 20.3 Å². The summed E-state index contributed by atoms with van der Waals surface area (Å²) >= 11 is 0. The van der Waals surface area contributed by atoms with E-state index < -0.39 is 18.0 Å². The predicted octanol–water partition coefficient (Wildman–Crippen LogP) is -0.952. The molecule has 0 saturated heterocycles. The SMILES string of the molecule is CCOC(=O)C1C(CCO)C1OC(=O)CN. The van der Waals surface area contributed by atoms with Gasteiger partial charge in [-0.15, -0.1) is 0 Å². The average molecular weight is 231 g/mol. The highest BCUT2D eigenvalue weighted by Gasteiger charge is 2.58. The van der Waals surface area contributed by atoms with Gasteiger partial charge in [-0.05, 0) is 13.3 Å². The Morgan fingerprint density at radius 1 is 1.44 bits per heavy atom. The number of nitrogens with two attached hydrogens (primary N) is 1. The summed E-state index contributed by atoms with van der Waals surface area (Å²) in [5.41, 5.74) is 5.11. The first-order chi connectivity index (χ1) is 7.65. The molecule has 0 amide bonds. The monoisotopic (exact) mass is 231 g/mol. The first-order valence-electron chi connectivity index (χ1n) is 5.32. The van der Waals surface area contributed by atoms with Gasteiger partial charge in [0.15, 0.2) is 0 Å². The lowest BCUT2D eigenvalue weighted by molar-refractivity contribution is -0.149. The van der Waals surface area contributed by atoms with Crippen molar-refractivity contribution in [3.05, 3.63) is 0 Å². The first-order valence-corrected chi connectivity index (χ1v) is 5.32. The van der Waals surface area contributed by atoms with Crippen LogP contribution in [-0.2, 0) is 19.1 Å². The molecule has 0 spiro atoms.